The Morgan fingerprint density at radius 3 is 2.62 bits per heavy atom. The maximum atomic E-state index is 13.9. The highest BCUT2D eigenvalue weighted by Gasteiger charge is 2.36. The van der Waals surface area contributed by atoms with Gasteiger partial charge in [-0.05, 0) is 48.2 Å². The van der Waals surface area contributed by atoms with Crippen molar-refractivity contribution in [3.8, 4) is 0 Å². The molecule has 26 heavy (non-hydrogen) atoms. The first-order valence-corrected chi connectivity index (χ1v) is 8.54. The van der Waals surface area contributed by atoms with Gasteiger partial charge in [0, 0.05) is 17.1 Å². The Morgan fingerprint density at radius 1 is 1.08 bits per heavy atom. The molecule has 0 saturated carbocycles. The molecular formula is C19H12F2N2O2S. The fourth-order valence-electron chi connectivity index (χ4n) is 3.00. The van der Waals surface area contributed by atoms with Crippen LogP contribution in [0, 0.1) is 11.6 Å². The van der Waals surface area contributed by atoms with Gasteiger partial charge in [-0.15, -0.1) is 0 Å². The van der Waals surface area contributed by atoms with Crippen LogP contribution < -0.4 is 4.90 Å². The van der Waals surface area contributed by atoms with Crippen LogP contribution in [0.3, 0.4) is 0 Å². The minimum absolute atomic E-state index is 0.125. The zero-order chi connectivity index (χ0) is 18.4. The number of fused-ring (bicyclic) bond motifs is 1. The van der Waals surface area contributed by atoms with Crippen LogP contribution in [0.15, 0.2) is 60.1 Å². The van der Waals surface area contributed by atoms with Gasteiger partial charge in [-0.3, -0.25) is 9.59 Å². The first-order valence-electron chi connectivity index (χ1n) is 7.72. The lowest BCUT2D eigenvalue weighted by Gasteiger charge is -2.14. The van der Waals surface area contributed by atoms with Crippen LogP contribution in [0.1, 0.15) is 5.56 Å². The van der Waals surface area contributed by atoms with Crippen LogP contribution in [0.5, 0.6) is 0 Å². The highest BCUT2D eigenvalue weighted by atomic mass is 32.2. The van der Waals surface area contributed by atoms with Crippen molar-refractivity contribution in [2.45, 2.75) is 6.54 Å². The van der Waals surface area contributed by atoms with E-state index in [1.807, 2.05) is 0 Å². The van der Waals surface area contributed by atoms with E-state index in [1.165, 1.54) is 0 Å². The van der Waals surface area contributed by atoms with Crippen molar-refractivity contribution in [3.05, 3.63) is 77.3 Å². The number of carbonyl (C=O) groups is 2. The minimum atomic E-state index is -0.512. The molecule has 1 aliphatic rings. The Hall–Kier alpha value is -2.93. The molecule has 4 rings (SSSR count). The summed E-state index contributed by atoms with van der Waals surface area (Å²) in [4.78, 5) is 25.6. The van der Waals surface area contributed by atoms with E-state index in [4.69, 9.17) is 0 Å². The van der Waals surface area contributed by atoms with Crippen molar-refractivity contribution in [1.82, 2.24) is 4.57 Å². The maximum Gasteiger partial charge on any atom is 0.298 e. The second kappa shape index (κ2) is 6.10. The van der Waals surface area contributed by atoms with Gasteiger partial charge in [-0.25, -0.2) is 13.7 Å². The Bertz CT molecular complexity index is 1090. The van der Waals surface area contributed by atoms with Gasteiger partial charge in [0.25, 0.3) is 11.1 Å². The second-order valence-electron chi connectivity index (χ2n) is 5.82. The van der Waals surface area contributed by atoms with Crippen molar-refractivity contribution in [2.24, 2.45) is 0 Å². The van der Waals surface area contributed by atoms with Crippen LogP contribution in [0.25, 0.3) is 10.9 Å². The van der Waals surface area contributed by atoms with Crippen molar-refractivity contribution in [1.29, 1.82) is 0 Å². The molecule has 1 aromatic heterocycles. The molecule has 0 aliphatic carbocycles. The number of anilines is 1. The number of nitrogens with zero attached hydrogens (tertiary/aromatic N) is 2. The lowest BCUT2D eigenvalue weighted by atomic mass is 10.2. The molecule has 2 aromatic carbocycles. The first-order chi connectivity index (χ1) is 12.5. The number of thioether (sulfide) groups is 1. The summed E-state index contributed by atoms with van der Waals surface area (Å²) < 4.78 is 29.1. The monoisotopic (exact) mass is 370 g/mol. The molecular weight excluding hydrogens is 358 g/mol. The number of hydrogen-bond acceptors (Lipinski definition) is 3. The summed E-state index contributed by atoms with van der Waals surface area (Å²) in [6, 6.07) is 10.2. The van der Waals surface area contributed by atoms with E-state index in [2.05, 4.69) is 6.58 Å². The summed E-state index contributed by atoms with van der Waals surface area (Å²) in [5.74, 6) is -1.46. The fourth-order valence-corrected chi connectivity index (χ4v) is 3.66. The lowest BCUT2D eigenvalue weighted by molar-refractivity contribution is -0.113. The third-order valence-electron chi connectivity index (χ3n) is 4.21. The topological polar surface area (TPSA) is 42.3 Å². The summed E-state index contributed by atoms with van der Waals surface area (Å²) in [6.45, 7) is 3.71. The zero-order valence-corrected chi connectivity index (χ0v) is 14.2. The molecule has 4 nitrogen and oxygen atoms in total. The maximum absolute atomic E-state index is 13.9. The van der Waals surface area contributed by atoms with E-state index >= 15 is 0 Å². The zero-order valence-electron chi connectivity index (χ0n) is 13.4. The van der Waals surface area contributed by atoms with E-state index in [0.29, 0.717) is 16.6 Å². The number of imide groups is 1. The lowest BCUT2D eigenvalue weighted by Crippen LogP contribution is -2.27. The highest BCUT2D eigenvalue weighted by Crippen LogP contribution is 2.37. The van der Waals surface area contributed by atoms with E-state index in [-0.39, 0.29) is 17.0 Å². The largest absolute Gasteiger partial charge is 0.343 e. The number of benzene rings is 2. The average molecular weight is 370 g/mol. The predicted octanol–water partition coefficient (Wildman–Crippen LogP) is 4.68. The average Bonchev–Trinajstić information content (AvgIpc) is 3.12. The number of carbonyl (C=O) groups excluding carboxylic acids is 2. The van der Waals surface area contributed by atoms with E-state index < -0.39 is 22.8 Å². The quantitative estimate of drug-likeness (QED) is 0.629. The van der Waals surface area contributed by atoms with E-state index in [0.717, 1.165) is 34.9 Å². The standard InChI is InChI=1S/C19H12F2N2O2S/c1-11-18(24)23(19(25)26-11)17-4-2-3-16-14(17)7-8-22(16)10-12-9-13(20)5-6-15(12)21/h2-9H,1,10H2. The van der Waals surface area contributed by atoms with Gasteiger partial charge in [0.15, 0.2) is 0 Å². The molecule has 0 unspecified atom stereocenters. The fraction of sp³-hybridized carbons (Fsp3) is 0.0526. The number of halogens is 2. The number of rotatable bonds is 3. The summed E-state index contributed by atoms with van der Waals surface area (Å²) in [5, 5.41) is 0.262. The molecule has 7 heteroatoms. The summed E-state index contributed by atoms with van der Waals surface area (Å²) in [7, 11) is 0. The number of amides is 2. The van der Waals surface area contributed by atoms with Crippen LogP contribution in [-0.2, 0) is 11.3 Å². The predicted molar refractivity (Wildman–Crippen MR) is 97.0 cm³/mol. The molecule has 0 N–H and O–H groups in total. The van der Waals surface area contributed by atoms with Gasteiger partial charge in [0.1, 0.15) is 11.6 Å². The molecule has 1 fully saturated rings. The molecule has 1 saturated heterocycles. The molecule has 2 amide bonds. The first kappa shape index (κ1) is 16.5. The van der Waals surface area contributed by atoms with E-state index in [1.54, 1.807) is 35.0 Å². The Labute approximate surface area is 151 Å². The molecule has 3 aromatic rings. The third-order valence-corrected chi connectivity index (χ3v) is 4.99. The molecule has 0 radical (unpaired) electrons. The summed E-state index contributed by atoms with van der Waals surface area (Å²) in [6.07, 6.45) is 1.71. The van der Waals surface area contributed by atoms with Crippen LogP contribution >= 0.6 is 11.8 Å². The van der Waals surface area contributed by atoms with Crippen molar-refractivity contribution in [3.63, 3.8) is 0 Å². The molecule has 0 atom stereocenters. The number of aromatic nitrogens is 1. The third kappa shape index (κ3) is 2.61. The van der Waals surface area contributed by atoms with Crippen LogP contribution in [0.2, 0.25) is 0 Å². The van der Waals surface area contributed by atoms with Gasteiger partial charge < -0.3 is 4.57 Å². The second-order valence-corrected chi connectivity index (χ2v) is 6.87. The minimum Gasteiger partial charge on any atom is -0.343 e. The smallest absolute Gasteiger partial charge is 0.298 e. The molecule has 0 spiro atoms. The normalized spacial score (nSPS) is 14.7. The van der Waals surface area contributed by atoms with Gasteiger partial charge in [0.2, 0.25) is 0 Å². The Kier molecular flexibility index (Phi) is 3.88. The van der Waals surface area contributed by atoms with E-state index in [9.17, 15) is 18.4 Å². The highest BCUT2D eigenvalue weighted by molar-refractivity contribution is 8.18. The Morgan fingerprint density at radius 2 is 1.88 bits per heavy atom. The van der Waals surface area contributed by atoms with Crippen LogP contribution in [0.4, 0.5) is 19.3 Å². The van der Waals surface area contributed by atoms with Gasteiger partial charge in [-0.2, -0.15) is 0 Å². The van der Waals surface area contributed by atoms with Gasteiger partial charge >= 0.3 is 0 Å². The SMILES string of the molecule is C=C1SC(=O)N(c2cccc3c2ccn3Cc2cc(F)ccc2F)C1=O. The summed E-state index contributed by atoms with van der Waals surface area (Å²) in [5.41, 5.74) is 1.36. The Balaban J connectivity index is 1.79. The van der Waals surface area contributed by atoms with Crippen molar-refractivity contribution >= 4 is 39.5 Å². The molecule has 1 aliphatic heterocycles. The van der Waals surface area contributed by atoms with Gasteiger partial charge in [0.05, 0.1) is 22.7 Å². The molecule has 130 valence electrons. The van der Waals surface area contributed by atoms with Crippen LogP contribution in [-0.4, -0.2) is 15.7 Å². The van der Waals surface area contributed by atoms with Crippen molar-refractivity contribution in [2.75, 3.05) is 4.90 Å². The molecule has 2 heterocycles. The summed E-state index contributed by atoms with van der Waals surface area (Å²) >= 11 is 0.798. The number of hydrogen-bond donors (Lipinski definition) is 0. The van der Waals surface area contributed by atoms with Crippen molar-refractivity contribution < 1.29 is 18.4 Å². The van der Waals surface area contributed by atoms with Gasteiger partial charge in [-0.1, -0.05) is 12.6 Å². The molecule has 0 bridgehead atoms.